The Labute approximate surface area is 270 Å². The fraction of sp³-hybridized carbons (Fsp3) is 0.882. The Kier molecular flexibility index (Phi) is 19.4. The predicted molar refractivity (Wildman–Crippen MR) is 110 cm³/mol. The van der Waals surface area contributed by atoms with Crippen molar-refractivity contribution in [2.45, 2.75) is 62.0 Å². The number of methoxy groups -OCH3 is 1. The summed E-state index contributed by atoms with van der Waals surface area (Å²) >= 11 is 0. The SMILES string of the molecule is COC(=O)C(F)(F)OC(F)(F)OC(F)(F)C(F)(F)OC(F)(F)F.NCCN.NCCNC(=O)C(F)(F)OC(F)(F)OC(F)(F)C(F)(F)OC(F)(F)F. The van der Waals surface area contributed by atoms with Gasteiger partial charge in [0.1, 0.15) is 0 Å². The number of nitrogens with one attached hydrogen (secondary N) is 1. The lowest BCUT2D eigenvalue weighted by atomic mass is 10.5. The van der Waals surface area contributed by atoms with Gasteiger partial charge in [-0.25, -0.2) is 33.2 Å². The van der Waals surface area contributed by atoms with E-state index in [1.165, 1.54) is 5.32 Å². The number of esters is 1. The fourth-order valence-corrected chi connectivity index (χ4v) is 1.66. The first kappa shape index (κ1) is 53.4. The van der Waals surface area contributed by atoms with Crippen LogP contribution in [0.5, 0.6) is 0 Å². The van der Waals surface area contributed by atoms with Crippen LogP contribution in [-0.4, -0.2) is 107 Å². The van der Waals surface area contributed by atoms with E-state index in [-0.39, 0.29) is 7.11 Å². The Hall–Kier alpha value is -2.96. The quantitative estimate of drug-likeness (QED) is 0.0941. The Morgan fingerprint density at radius 3 is 1.00 bits per heavy atom. The molecule has 0 bridgehead atoms. The molecule has 0 heterocycles. The van der Waals surface area contributed by atoms with Gasteiger partial charge in [0.2, 0.25) is 0 Å². The van der Waals surface area contributed by atoms with E-state index in [2.05, 4.69) is 14.2 Å². The van der Waals surface area contributed by atoms with Gasteiger partial charge in [0, 0.05) is 26.2 Å². The third-order valence-corrected chi connectivity index (χ3v) is 3.44. The molecule has 0 aliphatic carbocycles. The molecule has 0 saturated heterocycles. The van der Waals surface area contributed by atoms with Gasteiger partial charge in [-0.1, -0.05) is 0 Å². The van der Waals surface area contributed by atoms with Gasteiger partial charge in [0.15, 0.2) is 0 Å². The maximum absolute atomic E-state index is 12.9. The second-order valence-electron chi connectivity index (χ2n) is 7.64. The standard InChI is InChI=1S/C8H7F11N2O4.C7H3F11O5.C2H8N2/c9-4(10,3(22)21-2-1-20)23-8(18,19)25-6(13,14)5(11,12)24-7(15,16)17;1-20-2(19)3(8,9)21-7(17,18)23-5(12,13)4(10,11)22-6(14,15)16;3-1-2-4/h1-2,20H2,(H,21,22);1H3;1-4H2. The first-order valence-electron chi connectivity index (χ1n) is 11.5. The summed E-state index contributed by atoms with van der Waals surface area (Å²) in [6, 6.07) is 0. The first-order chi connectivity index (χ1) is 22.6. The van der Waals surface area contributed by atoms with Crippen LogP contribution in [0.1, 0.15) is 0 Å². The van der Waals surface area contributed by atoms with E-state index >= 15 is 0 Å². The number of amides is 1. The summed E-state index contributed by atoms with van der Waals surface area (Å²) in [7, 11) is 0.221. The van der Waals surface area contributed by atoms with Crippen LogP contribution in [0, 0.1) is 0 Å². The van der Waals surface area contributed by atoms with E-state index in [4.69, 9.17) is 17.2 Å². The summed E-state index contributed by atoms with van der Waals surface area (Å²) in [6.45, 7) is 0.0195. The number of hydrogen-bond donors (Lipinski definition) is 4. The molecule has 0 aromatic heterocycles. The van der Waals surface area contributed by atoms with E-state index in [0.29, 0.717) is 13.1 Å². The van der Waals surface area contributed by atoms with E-state index in [1.54, 1.807) is 9.47 Å². The maximum atomic E-state index is 12.9. The van der Waals surface area contributed by atoms with Crippen molar-refractivity contribution in [1.29, 1.82) is 0 Å². The molecule has 0 unspecified atom stereocenters. The van der Waals surface area contributed by atoms with Gasteiger partial charge in [0.25, 0.3) is 0 Å². The summed E-state index contributed by atoms with van der Waals surface area (Å²) < 4.78 is 285. The molecule has 0 aromatic carbocycles. The second kappa shape index (κ2) is 18.9. The number of carbonyl (C=O) groups excluding carboxylic acids is 2. The molecule has 0 spiro atoms. The van der Waals surface area contributed by atoms with Gasteiger partial charge in [-0.15, -0.1) is 43.9 Å². The van der Waals surface area contributed by atoms with E-state index in [1.807, 2.05) is 9.47 Å². The van der Waals surface area contributed by atoms with Gasteiger partial charge < -0.3 is 27.3 Å². The van der Waals surface area contributed by atoms with Crippen LogP contribution in [0.4, 0.5) is 96.6 Å². The number of rotatable bonds is 17. The lowest BCUT2D eigenvalue weighted by Crippen LogP contribution is -2.54. The highest BCUT2D eigenvalue weighted by molar-refractivity contribution is 5.81. The van der Waals surface area contributed by atoms with Crippen molar-refractivity contribution in [3.63, 3.8) is 0 Å². The zero-order chi connectivity index (χ0) is 42.6. The van der Waals surface area contributed by atoms with Crippen molar-refractivity contribution in [2.24, 2.45) is 17.2 Å². The summed E-state index contributed by atoms with van der Waals surface area (Å²) in [5.41, 5.74) is 14.6. The minimum Gasteiger partial charge on any atom is -0.463 e. The molecule has 314 valence electrons. The van der Waals surface area contributed by atoms with Crippen molar-refractivity contribution < 1.29 is 139 Å². The van der Waals surface area contributed by atoms with E-state index < -0.39 is 86.9 Å². The van der Waals surface area contributed by atoms with Crippen LogP contribution in [0.25, 0.3) is 0 Å². The van der Waals surface area contributed by atoms with Crippen molar-refractivity contribution >= 4 is 11.9 Å². The van der Waals surface area contributed by atoms with Gasteiger partial charge in [-0.3, -0.25) is 4.79 Å². The van der Waals surface area contributed by atoms with E-state index in [0.717, 1.165) is 0 Å². The minimum absolute atomic E-state index is 0.221. The molecule has 0 rings (SSSR count). The molecule has 0 aliphatic heterocycles. The normalized spacial score (nSPS) is 14.1. The highest BCUT2D eigenvalue weighted by Gasteiger charge is 2.71. The van der Waals surface area contributed by atoms with Crippen molar-refractivity contribution in [3.8, 4) is 0 Å². The van der Waals surface area contributed by atoms with Crippen LogP contribution in [0.3, 0.4) is 0 Å². The third kappa shape index (κ3) is 20.3. The molecule has 52 heavy (non-hydrogen) atoms. The molecule has 13 nitrogen and oxygen atoms in total. The predicted octanol–water partition coefficient (Wildman–Crippen LogP) is 3.92. The number of ether oxygens (including phenoxy) is 7. The zero-order valence-corrected chi connectivity index (χ0v) is 24.0. The summed E-state index contributed by atoms with van der Waals surface area (Å²) in [4.78, 5) is 21.0. The Morgan fingerprint density at radius 2 is 0.750 bits per heavy atom. The summed E-state index contributed by atoms with van der Waals surface area (Å²) in [6.07, 6.45) is -63.9. The molecule has 0 fully saturated rings. The van der Waals surface area contributed by atoms with Gasteiger partial charge in [-0.05, 0) is 0 Å². The third-order valence-electron chi connectivity index (χ3n) is 3.44. The van der Waals surface area contributed by atoms with Gasteiger partial charge in [-0.2, -0.15) is 52.7 Å². The number of hydrogen-bond acceptors (Lipinski definition) is 12. The molecule has 0 radical (unpaired) electrons. The van der Waals surface area contributed by atoms with Crippen molar-refractivity contribution in [2.75, 3.05) is 33.3 Å². The van der Waals surface area contributed by atoms with Gasteiger partial charge >= 0.3 is 73.8 Å². The Balaban J connectivity index is -0.000000838. The maximum Gasteiger partial charge on any atom is 0.527 e. The average Bonchev–Trinajstić information content (AvgIpc) is 2.86. The largest absolute Gasteiger partial charge is 0.527 e. The smallest absolute Gasteiger partial charge is 0.463 e. The molecule has 7 N–H and O–H groups in total. The monoisotopic (exact) mass is 840 g/mol. The highest BCUT2D eigenvalue weighted by Crippen LogP contribution is 2.46. The van der Waals surface area contributed by atoms with E-state index in [9.17, 15) is 106 Å². The number of halogens is 22. The topological polar surface area (TPSA) is 189 Å². The van der Waals surface area contributed by atoms with Crippen molar-refractivity contribution in [3.05, 3.63) is 0 Å². The van der Waals surface area contributed by atoms with Crippen LogP contribution >= 0.6 is 0 Å². The lowest BCUT2D eigenvalue weighted by Gasteiger charge is -2.29. The minimum atomic E-state index is -6.80. The van der Waals surface area contributed by atoms with Crippen LogP contribution in [-0.2, 0) is 42.7 Å². The fourth-order valence-electron chi connectivity index (χ4n) is 1.66. The molecule has 0 atom stereocenters. The lowest BCUT2D eigenvalue weighted by molar-refractivity contribution is -0.569. The molecule has 0 saturated carbocycles. The highest BCUT2D eigenvalue weighted by atomic mass is 19.4. The van der Waals surface area contributed by atoms with Crippen LogP contribution in [0.15, 0.2) is 0 Å². The molecular weight excluding hydrogens is 822 g/mol. The number of nitrogens with two attached hydrogens (primary N) is 3. The second-order valence-corrected chi connectivity index (χ2v) is 7.64. The molecule has 0 aromatic rings. The number of carbonyl (C=O) groups is 2. The molecular formula is C17H18F22N4O9. The van der Waals surface area contributed by atoms with Crippen LogP contribution < -0.4 is 22.5 Å². The number of alkyl halides is 22. The van der Waals surface area contributed by atoms with Crippen molar-refractivity contribution in [1.82, 2.24) is 5.32 Å². The first-order valence-corrected chi connectivity index (χ1v) is 11.5. The average molecular weight is 840 g/mol. The van der Waals surface area contributed by atoms with Gasteiger partial charge in [0.05, 0.1) is 7.11 Å². The Bertz CT molecular complexity index is 1110. The van der Waals surface area contributed by atoms with Crippen LogP contribution in [0.2, 0.25) is 0 Å². The molecule has 0 aliphatic rings. The molecule has 1 amide bonds. The Morgan fingerprint density at radius 1 is 0.462 bits per heavy atom. The summed E-state index contributed by atoms with van der Waals surface area (Å²) in [5, 5.41) is 1.18. The molecule has 35 heteroatoms. The zero-order valence-electron chi connectivity index (χ0n) is 24.0. The summed E-state index contributed by atoms with van der Waals surface area (Å²) in [5.74, 6) is -5.52.